The van der Waals surface area contributed by atoms with Crippen LogP contribution in [0.1, 0.15) is 303 Å². The summed E-state index contributed by atoms with van der Waals surface area (Å²) in [7, 11) is 0. The first-order valence-corrected chi connectivity index (χ1v) is 32.4. The van der Waals surface area contributed by atoms with Crippen LogP contribution < -0.4 is 0 Å². The lowest BCUT2D eigenvalue weighted by molar-refractivity contribution is -0.167. The van der Waals surface area contributed by atoms with E-state index in [1.54, 1.807) is 0 Å². The van der Waals surface area contributed by atoms with Gasteiger partial charge in [-0.15, -0.1) is 0 Å². The third kappa shape index (κ3) is 62.8. The van der Waals surface area contributed by atoms with E-state index in [4.69, 9.17) is 14.2 Å². The van der Waals surface area contributed by atoms with Gasteiger partial charge in [-0.1, -0.05) is 284 Å². The second-order valence-corrected chi connectivity index (χ2v) is 21.3. The summed E-state index contributed by atoms with van der Waals surface area (Å²) < 4.78 is 16.9. The van der Waals surface area contributed by atoms with Crippen molar-refractivity contribution >= 4 is 17.9 Å². The van der Waals surface area contributed by atoms with Gasteiger partial charge in [-0.25, -0.2) is 0 Å². The molecule has 0 rings (SSSR count). The van der Waals surface area contributed by atoms with Gasteiger partial charge in [-0.05, 0) is 109 Å². The fourth-order valence-electron chi connectivity index (χ4n) is 8.92. The third-order valence-corrected chi connectivity index (χ3v) is 13.8. The van der Waals surface area contributed by atoms with Gasteiger partial charge < -0.3 is 14.2 Å². The average Bonchev–Trinajstić information content (AvgIpc) is 3.43. The largest absolute Gasteiger partial charge is 0.462 e. The molecule has 0 saturated heterocycles. The van der Waals surface area contributed by atoms with Crippen molar-refractivity contribution in [2.45, 2.75) is 309 Å². The van der Waals surface area contributed by atoms with Crippen LogP contribution in [0.2, 0.25) is 0 Å². The van der Waals surface area contributed by atoms with Crippen LogP contribution in [-0.2, 0) is 28.6 Å². The van der Waals surface area contributed by atoms with Gasteiger partial charge in [-0.3, -0.25) is 14.4 Å². The van der Waals surface area contributed by atoms with Gasteiger partial charge in [-0.2, -0.15) is 0 Å². The van der Waals surface area contributed by atoms with Crippen molar-refractivity contribution in [3.63, 3.8) is 0 Å². The standard InChI is InChI=1S/C71H120O6/c1-4-7-10-13-16-19-22-25-28-31-33-34-35-36-37-38-39-41-43-46-49-52-55-58-61-64-70(73)76-67-68(66-75-69(72)63-60-57-54-51-48-45-42-30-27-24-21-18-15-12-9-6-3)77-71(74)65-62-59-56-53-50-47-44-40-32-29-26-23-20-17-14-11-8-5-2/h7,10,16,19-20,23,25,28-29,32-34,36-37,39,41,46,49,68H,4-6,8-9,11-15,17-18,21-22,24,26-27,30-31,35,38,40,42-45,47-48,50-67H2,1-3H3/b10-7-,19-16-,23-20-,28-25-,32-29-,34-33-,37-36-,41-39-,49-46-. The first-order valence-electron chi connectivity index (χ1n) is 32.4. The van der Waals surface area contributed by atoms with E-state index in [-0.39, 0.29) is 31.1 Å². The Hall–Kier alpha value is -3.93. The van der Waals surface area contributed by atoms with Gasteiger partial charge in [0, 0.05) is 19.3 Å². The fourth-order valence-corrected chi connectivity index (χ4v) is 8.92. The molecular weight excluding hydrogens is 949 g/mol. The molecule has 0 N–H and O–H groups in total. The monoisotopic (exact) mass is 1070 g/mol. The van der Waals surface area contributed by atoms with E-state index in [1.165, 1.54) is 141 Å². The molecule has 0 aliphatic carbocycles. The summed E-state index contributed by atoms with van der Waals surface area (Å²) in [6.45, 7) is 6.50. The van der Waals surface area contributed by atoms with Crippen LogP contribution in [0.4, 0.5) is 0 Å². The summed E-state index contributed by atoms with van der Waals surface area (Å²) in [4.78, 5) is 38.3. The van der Waals surface area contributed by atoms with E-state index < -0.39 is 6.10 Å². The highest BCUT2D eigenvalue weighted by atomic mass is 16.6. The van der Waals surface area contributed by atoms with E-state index in [2.05, 4.69) is 130 Å². The van der Waals surface area contributed by atoms with E-state index in [9.17, 15) is 14.4 Å². The Morgan fingerprint density at radius 3 is 0.818 bits per heavy atom. The summed E-state index contributed by atoms with van der Waals surface area (Å²) in [5.74, 6) is -0.923. The second kappa shape index (κ2) is 64.6. The molecule has 0 radical (unpaired) electrons. The molecule has 0 fully saturated rings. The highest BCUT2D eigenvalue weighted by Crippen LogP contribution is 2.16. The van der Waals surface area contributed by atoms with E-state index in [0.717, 1.165) is 122 Å². The zero-order valence-corrected chi connectivity index (χ0v) is 50.4. The molecule has 1 atom stereocenters. The van der Waals surface area contributed by atoms with Gasteiger partial charge in [0.2, 0.25) is 0 Å². The number of hydrogen-bond donors (Lipinski definition) is 0. The van der Waals surface area contributed by atoms with Crippen molar-refractivity contribution in [2.24, 2.45) is 0 Å². The number of esters is 3. The molecule has 0 aliphatic heterocycles. The van der Waals surface area contributed by atoms with Crippen molar-refractivity contribution in [1.82, 2.24) is 0 Å². The maximum absolute atomic E-state index is 12.9. The van der Waals surface area contributed by atoms with Crippen molar-refractivity contribution in [3.05, 3.63) is 109 Å². The Balaban J connectivity index is 4.45. The first kappa shape index (κ1) is 73.1. The maximum atomic E-state index is 12.9. The normalized spacial score (nSPS) is 12.8. The Bertz CT molecular complexity index is 1560. The van der Waals surface area contributed by atoms with Gasteiger partial charge in [0.05, 0.1) is 0 Å². The number of carbonyl (C=O) groups is 3. The van der Waals surface area contributed by atoms with Gasteiger partial charge >= 0.3 is 17.9 Å². The minimum atomic E-state index is -0.798. The first-order chi connectivity index (χ1) is 38.0. The van der Waals surface area contributed by atoms with E-state index in [0.29, 0.717) is 19.3 Å². The van der Waals surface area contributed by atoms with Gasteiger partial charge in [0.1, 0.15) is 13.2 Å². The molecule has 0 aromatic rings. The lowest BCUT2D eigenvalue weighted by Crippen LogP contribution is -2.30. The molecule has 1 unspecified atom stereocenters. The highest BCUT2D eigenvalue weighted by molar-refractivity contribution is 5.71. The SMILES string of the molecule is CC/C=C\C/C=C\C/C=C\C/C=C\C/C=C\C/C=C\C/C=C\CCCCCC(=O)OCC(COC(=O)CCCCCCCCCCCCCCCCCC)OC(=O)CCCCCCCCC/C=C\C/C=C\CCCCCC. The van der Waals surface area contributed by atoms with Crippen LogP contribution >= 0.6 is 0 Å². The molecular formula is C71H120O6. The molecule has 0 aromatic heterocycles. The summed E-state index contributed by atoms with van der Waals surface area (Å²) >= 11 is 0. The molecule has 0 aliphatic rings. The van der Waals surface area contributed by atoms with Crippen molar-refractivity contribution in [2.75, 3.05) is 13.2 Å². The predicted molar refractivity (Wildman–Crippen MR) is 334 cm³/mol. The summed E-state index contributed by atoms with van der Waals surface area (Å²) in [5.41, 5.74) is 0. The molecule has 0 saturated carbocycles. The molecule has 0 spiro atoms. The third-order valence-electron chi connectivity index (χ3n) is 13.8. The number of rotatable bonds is 58. The number of ether oxygens (including phenoxy) is 3. The summed E-state index contributed by atoms with van der Waals surface area (Å²) in [6, 6.07) is 0. The summed E-state index contributed by atoms with van der Waals surface area (Å²) in [5, 5.41) is 0. The lowest BCUT2D eigenvalue weighted by atomic mass is 10.0. The summed E-state index contributed by atoms with van der Waals surface area (Å²) in [6.07, 6.45) is 88.0. The maximum Gasteiger partial charge on any atom is 0.306 e. The van der Waals surface area contributed by atoms with Gasteiger partial charge in [0.15, 0.2) is 6.10 Å². The highest BCUT2D eigenvalue weighted by Gasteiger charge is 2.19. The molecule has 6 heteroatoms. The van der Waals surface area contributed by atoms with E-state index >= 15 is 0 Å². The van der Waals surface area contributed by atoms with Crippen LogP contribution in [0.15, 0.2) is 109 Å². The zero-order chi connectivity index (χ0) is 55.7. The van der Waals surface area contributed by atoms with Crippen molar-refractivity contribution < 1.29 is 28.6 Å². The molecule has 77 heavy (non-hydrogen) atoms. The van der Waals surface area contributed by atoms with Crippen LogP contribution in [0.25, 0.3) is 0 Å². The fraction of sp³-hybridized carbons (Fsp3) is 0.704. The smallest absolute Gasteiger partial charge is 0.306 e. The van der Waals surface area contributed by atoms with Crippen LogP contribution in [0.3, 0.4) is 0 Å². The lowest BCUT2D eigenvalue weighted by Gasteiger charge is -2.18. The molecule has 440 valence electrons. The molecule has 6 nitrogen and oxygen atoms in total. The minimum Gasteiger partial charge on any atom is -0.462 e. The molecule has 0 amide bonds. The Kier molecular flexibility index (Phi) is 61.3. The molecule has 0 heterocycles. The number of allylic oxidation sites excluding steroid dienone is 18. The van der Waals surface area contributed by atoms with Crippen LogP contribution in [0, 0.1) is 0 Å². The zero-order valence-electron chi connectivity index (χ0n) is 50.4. The number of carbonyl (C=O) groups excluding carboxylic acids is 3. The number of unbranched alkanes of at least 4 members (excludes halogenated alkanes) is 29. The average molecular weight is 1070 g/mol. The quantitative estimate of drug-likeness (QED) is 0.0261. The predicted octanol–water partition coefficient (Wildman–Crippen LogP) is 22.2. The van der Waals surface area contributed by atoms with E-state index in [1.807, 2.05) is 0 Å². The number of hydrogen-bond acceptors (Lipinski definition) is 6. The Labute approximate surface area is 476 Å². The second-order valence-electron chi connectivity index (χ2n) is 21.3. The Morgan fingerprint density at radius 2 is 0.506 bits per heavy atom. The van der Waals surface area contributed by atoms with Crippen molar-refractivity contribution in [1.29, 1.82) is 0 Å². The van der Waals surface area contributed by atoms with Crippen LogP contribution in [0.5, 0.6) is 0 Å². The molecule has 0 aromatic carbocycles. The Morgan fingerprint density at radius 1 is 0.273 bits per heavy atom. The van der Waals surface area contributed by atoms with Crippen LogP contribution in [-0.4, -0.2) is 37.2 Å². The molecule has 0 bridgehead atoms. The topological polar surface area (TPSA) is 78.9 Å². The van der Waals surface area contributed by atoms with Gasteiger partial charge in [0.25, 0.3) is 0 Å². The minimum absolute atomic E-state index is 0.0906. The van der Waals surface area contributed by atoms with Crippen molar-refractivity contribution in [3.8, 4) is 0 Å².